The van der Waals surface area contributed by atoms with E-state index in [1.807, 2.05) is 36.9 Å². The van der Waals surface area contributed by atoms with Crippen LogP contribution in [0.25, 0.3) is 88.0 Å². The lowest BCUT2D eigenvalue weighted by Gasteiger charge is -2.13. The van der Waals surface area contributed by atoms with Gasteiger partial charge in [0.15, 0.2) is 0 Å². The molecule has 0 fully saturated rings. The van der Waals surface area contributed by atoms with E-state index in [1.165, 1.54) is 43.4 Å². The molecule has 4 heteroatoms. The number of fused-ring (bicyclic) bond motifs is 5. The zero-order chi connectivity index (χ0) is 33.0. The van der Waals surface area contributed by atoms with Crippen LogP contribution in [0.3, 0.4) is 0 Å². The quantitative estimate of drug-likeness (QED) is 0.142. The number of hydrogen-bond acceptors (Lipinski definition) is 2. The Balaban J connectivity index is 1.23. The third kappa shape index (κ3) is 4.39. The van der Waals surface area contributed by atoms with Crippen LogP contribution >= 0.6 is 0 Å². The van der Waals surface area contributed by atoms with Crippen molar-refractivity contribution in [3.8, 4) is 33.6 Å². The van der Waals surface area contributed by atoms with E-state index in [-0.39, 0.29) is 0 Å². The van der Waals surface area contributed by atoms with Gasteiger partial charge >= 0.3 is 0 Å². The molecule has 0 aliphatic carbocycles. The first-order valence-electron chi connectivity index (χ1n) is 16.9. The smallest absolute Gasteiger partial charge is 0.219 e. The Morgan fingerprint density at radius 2 is 0.720 bits per heavy atom. The maximum atomic E-state index is 4.47. The Hall–Kier alpha value is -6.78. The molecule has 4 nitrogen and oxygen atoms in total. The van der Waals surface area contributed by atoms with E-state index in [0.717, 1.165) is 44.6 Å². The van der Waals surface area contributed by atoms with Crippen LogP contribution in [0.5, 0.6) is 0 Å². The molecular formula is C46H30N4+2. The highest BCUT2D eigenvalue weighted by molar-refractivity contribution is 6.08. The van der Waals surface area contributed by atoms with Gasteiger partial charge in [-0.05, 0) is 59.3 Å². The van der Waals surface area contributed by atoms with Crippen molar-refractivity contribution in [2.45, 2.75) is 0 Å². The second-order valence-corrected chi connectivity index (χ2v) is 12.7. The molecule has 0 radical (unpaired) electrons. The molecule has 6 aromatic carbocycles. The van der Waals surface area contributed by atoms with Gasteiger partial charge in [0.2, 0.25) is 33.4 Å². The maximum Gasteiger partial charge on any atom is 0.219 e. The van der Waals surface area contributed by atoms with Crippen molar-refractivity contribution in [2.75, 3.05) is 0 Å². The number of rotatable bonds is 4. The number of nitrogens with zero attached hydrogens (tertiary/aromatic N) is 4. The summed E-state index contributed by atoms with van der Waals surface area (Å²) in [5.74, 6) is 0. The van der Waals surface area contributed by atoms with Crippen molar-refractivity contribution in [3.63, 3.8) is 0 Å². The van der Waals surface area contributed by atoms with Crippen molar-refractivity contribution in [3.05, 3.63) is 183 Å². The molecule has 0 aliphatic rings. The van der Waals surface area contributed by atoms with E-state index in [0.29, 0.717) is 0 Å². The van der Waals surface area contributed by atoms with Crippen LogP contribution in [-0.4, -0.2) is 9.97 Å². The topological polar surface area (TPSA) is 33.5 Å². The minimum Gasteiger partial charge on any atom is -0.264 e. The Kier molecular flexibility index (Phi) is 6.46. The largest absolute Gasteiger partial charge is 0.264 e. The fourth-order valence-electron chi connectivity index (χ4n) is 7.77. The molecule has 0 N–H and O–H groups in total. The van der Waals surface area contributed by atoms with E-state index >= 15 is 0 Å². The standard InChI is InChI=1S/C46H30N4/c1-5-17-41-37(13-1)45(32-11-9-25-47-29-32)38-14-2-6-18-42(38)49(41)35-23-21-31-22-24-36(28-34(31)27-35)50-43-19-7-3-15-39(43)46(33-12-10-26-48-30-33)40-16-4-8-20-44(40)50/h1-30H/q+2. The number of hydrogen-bond donors (Lipinski definition) is 0. The summed E-state index contributed by atoms with van der Waals surface area (Å²) >= 11 is 0. The van der Waals surface area contributed by atoms with Gasteiger partial charge in [0.05, 0.1) is 21.5 Å². The molecule has 0 atom stereocenters. The summed E-state index contributed by atoms with van der Waals surface area (Å²) < 4.78 is 4.80. The van der Waals surface area contributed by atoms with Crippen molar-refractivity contribution < 1.29 is 9.13 Å². The van der Waals surface area contributed by atoms with Crippen molar-refractivity contribution in [1.82, 2.24) is 9.97 Å². The molecule has 0 aliphatic heterocycles. The lowest BCUT2D eigenvalue weighted by molar-refractivity contribution is -0.537. The van der Waals surface area contributed by atoms with Gasteiger partial charge in [-0.3, -0.25) is 9.97 Å². The van der Waals surface area contributed by atoms with E-state index in [9.17, 15) is 0 Å². The van der Waals surface area contributed by atoms with E-state index in [4.69, 9.17) is 0 Å². The molecule has 0 saturated carbocycles. The second kappa shape index (κ2) is 11.4. The lowest BCUT2D eigenvalue weighted by Crippen LogP contribution is -2.33. The Labute approximate surface area is 288 Å². The molecule has 4 heterocycles. The molecule has 232 valence electrons. The second-order valence-electron chi connectivity index (χ2n) is 12.7. The number of aromatic nitrogens is 4. The number of pyridine rings is 4. The summed E-state index contributed by atoms with van der Waals surface area (Å²) in [5, 5.41) is 7.13. The first-order valence-corrected chi connectivity index (χ1v) is 16.9. The summed E-state index contributed by atoms with van der Waals surface area (Å²) in [7, 11) is 0. The Morgan fingerprint density at radius 1 is 0.340 bits per heavy atom. The zero-order valence-corrected chi connectivity index (χ0v) is 27.1. The molecular weight excluding hydrogens is 609 g/mol. The third-order valence-electron chi connectivity index (χ3n) is 9.88. The first kappa shape index (κ1) is 28.3. The van der Waals surface area contributed by atoms with Crippen LogP contribution < -0.4 is 9.13 Å². The third-order valence-corrected chi connectivity index (χ3v) is 9.88. The maximum absolute atomic E-state index is 4.47. The summed E-state index contributed by atoms with van der Waals surface area (Å²) in [6.07, 6.45) is 7.59. The van der Waals surface area contributed by atoms with Gasteiger partial charge in [-0.1, -0.05) is 60.7 Å². The molecule has 0 saturated heterocycles. The highest BCUT2D eigenvalue weighted by Crippen LogP contribution is 2.36. The molecule has 10 aromatic rings. The molecule has 4 aromatic heterocycles. The monoisotopic (exact) mass is 638 g/mol. The van der Waals surface area contributed by atoms with Crippen molar-refractivity contribution >= 4 is 54.4 Å². The average molecular weight is 639 g/mol. The predicted molar refractivity (Wildman–Crippen MR) is 203 cm³/mol. The Morgan fingerprint density at radius 3 is 1.08 bits per heavy atom. The predicted octanol–water partition coefficient (Wildman–Crippen LogP) is 10.1. The van der Waals surface area contributed by atoms with Gasteiger partial charge in [0, 0.05) is 95.6 Å². The van der Waals surface area contributed by atoms with Gasteiger partial charge in [-0.15, -0.1) is 0 Å². The van der Waals surface area contributed by atoms with Crippen LogP contribution in [0.4, 0.5) is 0 Å². The van der Waals surface area contributed by atoms with E-state index in [1.54, 1.807) is 0 Å². The Bertz CT molecular complexity index is 2610. The SMILES string of the molecule is c1cncc(-c2c3ccccc3[n+](-c3ccc4ccc(-[n+]5c6ccccc6c(-c6cccnc6)c6ccccc65)cc4c3)c3ccccc23)c1. The van der Waals surface area contributed by atoms with E-state index < -0.39 is 0 Å². The fraction of sp³-hybridized carbons (Fsp3) is 0. The highest BCUT2D eigenvalue weighted by Gasteiger charge is 2.25. The van der Waals surface area contributed by atoms with Crippen LogP contribution in [0.1, 0.15) is 0 Å². The van der Waals surface area contributed by atoms with Gasteiger partial charge in [0.25, 0.3) is 0 Å². The highest BCUT2D eigenvalue weighted by atomic mass is 15.0. The van der Waals surface area contributed by atoms with Crippen LogP contribution in [-0.2, 0) is 0 Å². The van der Waals surface area contributed by atoms with Gasteiger partial charge in [-0.2, -0.15) is 9.13 Å². The molecule has 50 heavy (non-hydrogen) atoms. The van der Waals surface area contributed by atoms with Gasteiger partial charge in [0.1, 0.15) is 0 Å². The number of para-hydroxylation sites is 4. The molecule has 0 bridgehead atoms. The minimum absolute atomic E-state index is 1.11. The normalized spacial score (nSPS) is 11.6. The van der Waals surface area contributed by atoms with Gasteiger partial charge in [-0.25, -0.2) is 0 Å². The fourth-order valence-corrected chi connectivity index (χ4v) is 7.77. The van der Waals surface area contributed by atoms with Crippen LogP contribution in [0.2, 0.25) is 0 Å². The lowest BCUT2D eigenvalue weighted by atomic mass is 9.96. The van der Waals surface area contributed by atoms with Crippen molar-refractivity contribution in [2.24, 2.45) is 0 Å². The van der Waals surface area contributed by atoms with Crippen LogP contribution in [0.15, 0.2) is 183 Å². The first-order chi connectivity index (χ1) is 24.8. The van der Waals surface area contributed by atoms with Crippen molar-refractivity contribution in [1.29, 1.82) is 0 Å². The molecule has 10 rings (SSSR count). The zero-order valence-electron chi connectivity index (χ0n) is 27.1. The minimum atomic E-state index is 1.11. The van der Waals surface area contributed by atoms with Gasteiger partial charge < -0.3 is 0 Å². The summed E-state index contributed by atoms with van der Waals surface area (Å²) in [6, 6.07) is 56.7. The molecule has 0 unspecified atom stereocenters. The summed E-state index contributed by atoms with van der Waals surface area (Å²) in [4.78, 5) is 8.94. The number of benzene rings is 6. The van der Waals surface area contributed by atoms with Crippen LogP contribution in [0, 0.1) is 0 Å². The summed E-state index contributed by atoms with van der Waals surface area (Å²) in [5.41, 5.74) is 11.5. The van der Waals surface area contributed by atoms with E-state index in [2.05, 4.69) is 165 Å². The summed E-state index contributed by atoms with van der Waals surface area (Å²) in [6.45, 7) is 0. The average Bonchev–Trinajstić information content (AvgIpc) is 3.19. The molecule has 0 spiro atoms. The molecule has 0 amide bonds.